The van der Waals surface area contributed by atoms with E-state index in [0.29, 0.717) is 0 Å². The number of aliphatic hydroxyl groups excluding tert-OH is 1. The predicted molar refractivity (Wildman–Crippen MR) is 62.8 cm³/mol. The van der Waals surface area contributed by atoms with Gasteiger partial charge in [-0.15, -0.1) is 0 Å². The monoisotopic (exact) mass is 219 g/mol. The molecule has 0 bridgehead atoms. The van der Waals surface area contributed by atoms with Crippen LogP contribution in [-0.2, 0) is 5.54 Å². The van der Waals surface area contributed by atoms with E-state index in [-0.39, 0.29) is 12.6 Å². The molecule has 0 saturated heterocycles. The van der Waals surface area contributed by atoms with E-state index in [4.69, 9.17) is 0 Å². The van der Waals surface area contributed by atoms with Crippen molar-refractivity contribution in [2.75, 3.05) is 6.61 Å². The summed E-state index contributed by atoms with van der Waals surface area (Å²) in [7, 11) is 0. The van der Waals surface area contributed by atoms with Gasteiger partial charge in [-0.1, -0.05) is 12.2 Å². The van der Waals surface area contributed by atoms with Crippen LogP contribution in [0.25, 0.3) is 0 Å². The van der Waals surface area contributed by atoms with E-state index >= 15 is 0 Å². The van der Waals surface area contributed by atoms with Gasteiger partial charge in [-0.25, -0.2) is 0 Å². The van der Waals surface area contributed by atoms with Crippen molar-refractivity contribution < 1.29 is 5.11 Å². The van der Waals surface area contributed by atoms with Crippen LogP contribution in [0.5, 0.6) is 0 Å². The molecule has 2 rings (SSSR count). The molecule has 1 unspecified atom stereocenters. The van der Waals surface area contributed by atoms with Crippen molar-refractivity contribution in [2.45, 2.75) is 25.4 Å². The minimum Gasteiger partial charge on any atom is -0.393 e. The third kappa shape index (κ3) is 1.65. The highest BCUT2D eigenvalue weighted by Gasteiger charge is 2.32. The number of nitrogens with one attached hydrogen (secondary N) is 1. The quantitative estimate of drug-likeness (QED) is 0.806. The summed E-state index contributed by atoms with van der Waals surface area (Å²) in [6, 6.07) is 2.21. The van der Waals surface area contributed by atoms with Crippen LogP contribution in [0.1, 0.15) is 25.6 Å². The van der Waals surface area contributed by atoms with Gasteiger partial charge >= 0.3 is 0 Å². The van der Waals surface area contributed by atoms with Crippen molar-refractivity contribution in [3.05, 3.63) is 42.4 Å². The maximum atomic E-state index is 9.63. The number of rotatable bonds is 3. The Morgan fingerprint density at radius 1 is 1.50 bits per heavy atom. The van der Waals surface area contributed by atoms with Gasteiger partial charge in [0.2, 0.25) is 0 Å². The first-order chi connectivity index (χ1) is 7.69. The van der Waals surface area contributed by atoms with Gasteiger partial charge in [-0.2, -0.15) is 5.10 Å². The summed E-state index contributed by atoms with van der Waals surface area (Å²) < 4.78 is 1.92. The Hall–Kier alpha value is -1.55. The fourth-order valence-electron chi connectivity index (χ4n) is 1.94. The van der Waals surface area contributed by atoms with Crippen LogP contribution < -0.4 is 5.32 Å². The van der Waals surface area contributed by atoms with Crippen molar-refractivity contribution in [3.8, 4) is 0 Å². The smallest absolute Gasteiger partial charge is 0.121 e. The van der Waals surface area contributed by atoms with Gasteiger partial charge in [-0.05, 0) is 32.2 Å². The first-order valence-corrected chi connectivity index (χ1v) is 5.46. The highest BCUT2D eigenvalue weighted by atomic mass is 16.3. The van der Waals surface area contributed by atoms with E-state index in [1.807, 2.05) is 35.2 Å². The van der Waals surface area contributed by atoms with Crippen molar-refractivity contribution in [3.63, 3.8) is 0 Å². The number of hydrogen-bond donors (Lipinski definition) is 2. The van der Waals surface area contributed by atoms with Gasteiger partial charge in [0.25, 0.3) is 0 Å². The van der Waals surface area contributed by atoms with E-state index < -0.39 is 5.54 Å². The van der Waals surface area contributed by atoms with E-state index in [1.165, 1.54) is 0 Å². The van der Waals surface area contributed by atoms with Crippen LogP contribution in [0.3, 0.4) is 0 Å². The van der Waals surface area contributed by atoms with E-state index in [2.05, 4.69) is 24.3 Å². The van der Waals surface area contributed by atoms with Gasteiger partial charge in [-0.3, -0.25) is 4.68 Å². The summed E-state index contributed by atoms with van der Waals surface area (Å²) >= 11 is 0. The van der Waals surface area contributed by atoms with E-state index in [9.17, 15) is 5.11 Å². The summed E-state index contributed by atoms with van der Waals surface area (Å²) in [5.74, 6) is 0. The normalized spacial score (nSPS) is 23.8. The molecule has 0 spiro atoms. The van der Waals surface area contributed by atoms with Crippen LogP contribution >= 0.6 is 0 Å². The first kappa shape index (κ1) is 11.0. The summed E-state index contributed by atoms with van der Waals surface area (Å²) in [5, 5.41) is 17.1. The second-order valence-corrected chi connectivity index (χ2v) is 4.25. The van der Waals surface area contributed by atoms with Gasteiger partial charge in [0, 0.05) is 12.2 Å². The largest absolute Gasteiger partial charge is 0.393 e. The molecule has 1 atom stereocenters. The Morgan fingerprint density at radius 2 is 2.31 bits per heavy atom. The Balaban J connectivity index is 2.44. The molecule has 0 radical (unpaired) electrons. The van der Waals surface area contributed by atoms with Crippen LogP contribution in [0.2, 0.25) is 0 Å². The number of aliphatic hydroxyl groups is 1. The molecule has 16 heavy (non-hydrogen) atoms. The highest BCUT2D eigenvalue weighted by molar-refractivity contribution is 5.29. The lowest BCUT2D eigenvalue weighted by atomic mass is 9.93. The molecule has 2 heterocycles. The van der Waals surface area contributed by atoms with Crippen molar-refractivity contribution >= 4 is 0 Å². The van der Waals surface area contributed by atoms with Crippen LogP contribution in [-0.4, -0.2) is 21.5 Å². The van der Waals surface area contributed by atoms with Gasteiger partial charge in [0.1, 0.15) is 5.54 Å². The maximum Gasteiger partial charge on any atom is 0.121 e. The Labute approximate surface area is 95.3 Å². The zero-order valence-corrected chi connectivity index (χ0v) is 9.59. The lowest BCUT2D eigenvalue weighted by Crippen LogP contribution is -2.44. The zero-order chi connectivity index (χ0) is 11.6. The van der Waals surface area contributed by atoms with Crippen LogP contribution in [0.15, 0.2) is 36.7 Å². The Morgan fingerprint density at radius 3 is 2.88 bits per heavy atom. The van der Waals surface area contributed by atoms with Gasteiger partial charge in [0.05, 0.1) is 12.3 Å². The molecular weight excluding hydrogens is 202 g/mol. The van der Waals surface area contributed by atoms with Crippen molar-refractivity contribution in [2.24, 2.45) is 0 Å². The predicted octanol–water partition coefficient (Wildman–Crippen LogP) is 1.32. The maximum absolute atomic E-state index is 9.63. The summed E-state index contributed by atoms with van der Waals surface area (Å²) in [4.78, 5) is 0. The molecule has 86 valence electrons. The number of nitrogens with zero attached hydrogens (tertiary/aromatic N) is 2. The fraction of sp³-hybridized carbons (Fsp3) is 0.417. The molecule has 1 aromatic heterocycles. The molecule has 0 aromatic carbocycles. The Kier molecular flexibility index (Phi) is 2.83. The number of aromatic nitrogens is 2. The van der Waals surface area contributed by atoms with E-state index in [1.54, 1.807) is 6.20 Å². The summed E-state index contributed by atoms with van der Waals surface area (Å²) in [5.41, 5.74) is 0.431. The topological polar surface area (TPSA) is 50.1 Å². The number of dihydropyridines is 1. The second-order valence-electron chi connectivity index (χ2n) is 4.25. The minimum atomic E-state index is -0.546. The van der Waals surface area contributed by atoms with E-state index in [0.717, 1.165) is 5.69 Å². The van der Waals surface area contributed by atoms with Gasteiger partial charge < -0.3 is 10.4 Å². The van der Waals surface area contributed by atoms with Crippen LogP contribution in [0.4, 0.5) is 0 Å². The summed E-state index contributed by atoms with van der Waals surface area (Å²) in [6.45, 7) is 4.15. The molecule has 1 aliphatic heterocycles. The first-order valence-electron chi connectivity index (χ1n) is 5.46. The number of hydrogen-bond acceptors (Lipinski definition) is 3. The molecule has 0 amide bonds. The van der Waals surface area contributed by atoms with Crippen molar-refractivity contribution in [1.29, 1.82) is 0 Å². The second kappa shape index (κ2) is 4.14. The average Bonchev–Trinajstić information content (AvgIpc) is 2.79. The zero-order valence-electron chi connectivity index (χ0n) is 9.59. The fourth-order valence-corrected chi connectivity index (χ4v) is 1.94. The average molecular weight is 219 g/mol. The van der Waals surface area contributed by atoms with Crippen molar-refractivity contribution in [1.82, 2.24) is 15.1 Å². The third-order valence-corrected chi connectivity index (χ3v) is 2.79. The Bertz CT molecular complexity index is 420. The molecule has 4 nitrogen and oxygen atoms in total. The molecule has 0 saturated carbocycles. The molecule has 1 aliphatic rings. The molecule has 1 aromatic rings. The lowest BCUT2D eigenvalue weighted by molar-refractivity contribution is 0.198. The van der Waals surface area contributed by atoms with Gasteiger partial charge in [0.15, 0.2) is 0 Å². The lowest BCUT2D eigenvalue weighted by Gasteiger charge is -2.32. The minimum absolute atomic E-state index is 0.00620. The number of allylic oxidation sites excluding steroid dienone is 2. The molecular formula is C12H17N3O. The SMILES string of the molecule is CC(C)n1nccc1C1(CO)C=CC=CN1. The van der Waals surface area contributed by atoms with Crippen LogP contribution in [0, 0.1) is 0 Å². The molecule has 4 heteroatoms. The molecule has 0 aliphatic carbocycles. The standard InChI is InChI=1S/C12H17N3O/c1-10(2)15-11(5-8-14-15)12(9-16)6-3-4-7-13-12/h3-8,10,13,16H,9H2,1-2H3. The summed E-state index contributed by atoms with van der Waals surface area (Å²) in [6.07, 6.45) is 9.41. The molecule has 0 fully saturated rings. The molecule has 2 N–H and O–H groups in total. The third-order valence-electron chi connectivity index (χ3n) is 2.79. The highest BCUT2D eigenvalue weighted by Crippen LogP contribution is 2.26.